The van der Waals surface area contributed by atoms with E-state index in [1.165, 1.54) is 0 Å². The maximum absolute atomic E-state index is 12.3. The summed E-state index contributed by atoms with van der Waals surface area (Å²) in [6, 6.07) is 15.9. The van der Waals surface area contributed by atoms with Gasteiger partial charge in [0.15, 0.2) is 15.8 Å². The number of sulfone groups is 1. The van der Waals surface area contributed by atoms with Crippen LogP contribution in [0, 0.1) is 0 Å². The summed E-state index contributed by atoms with van der Waals surface area (Å²) in [4.78, 5) is 18.0. The summed E-state index contributed by atoms with van der Waals surface area (Å²) < 4.78 is 24.6. The molecule has 0 aliphatic carbocycles. The van der Waals surface area contributed by atoms with Gasteiger partial charge in [-0.2, -0.15) is 0 Å². The number of halogens is 1. The number of carbonyl (C=O) groups excluding carboxylic acids is 1. The lowest BCUT2D eigenvalue weighted by atomic mass is 10.1. The molecule has 1 amide bonds. The van der Waals surface area contributed by atoms with Crippen LogP contribution in [0.1, 0.15) is 15.9 Å². The van der Waals surface area contributed by atoms with E-state index in [9.17, 15) is 13.2 Å². The third-order valence-electron chi connectivity index (χ3n) is 4.28. The number of hydrogen-bond acceptors (Lipinski definition) is 4. The van der Waals surface area contributed by atoms with Crippen LogP contribution in [-0.4, -0.2) is 65.2 Å². The van der Waals surface area contributed by atoms with Crippen molar-refractivity contribution in [3.63, 3.8) is 0 Å². The van der Waals surface area contributed by atoms with E-state index in [2.05, 4.69) is 15.6 Å². The summed E-state index contributed by atoms with van der Waals surface area (Å²) in [5.74, 6) is 0.484. The molecule has 30 heavy (non-hydrogen) atoms. The van der Waals surface area contributed by atoms with Gasteiger partial charge in [-0.3, -0.25) is 9.79 Å². The maximum atomic E-state index is 12.3. The molecule has 2 aromatic carbocycles. The first-order valence-electron chi connectivity index (χ1n) is 9.36. The Morgan fingerprint density at radius 1 is 1.00 bits per heavy atom. The first kappa shape index (κ1) is 25.9. The Kier molecular flexibility index (Phi) is 10.8. The Labute approximate surface area is 195 Å². The minimum Gasteiger partial charge on any atom is -0.356 e. The van der Waals surface area contributed by atoms with Gasteiger partial charge in [-0.05, 0) is 36.2 Å². The van der Waals surface area contributed by atoms with Crippen molar-refractivity contribution in [3.8, 4) is 0 Å². The highest BCUT2D eigenvalue weighted by molar-refractivity contribution is 14.0. The van der Waals surface area contributed by atoms with Crippen LogP contribution in [0.3, 0.4) is 0 Å². The molecule has 0 fully saturated rings. The summed E-state index contributed by atoms with van der Waals surface area (Å²) >= 11 is 0. The van der Waals surface area contributed by atoms with Gasteiger partial charge in [0.25, 0.3) is 5.91 Å². The third kappa shape index (κ3) is 7.94. The SMILES string of the molecule is CN=C(NCCc1cccc(C(=O)N(C)C)c1)NCCS(=O)(=O)c1ccccc1.I. The number of nitrogens with zero attached hydrogens (tertiary/aromatic N) is 2. The summed E-state index contributed by atoms with van der Waals surface area (Å²) in [5.41, 5.74) is 1.69. The molecule has 0 aliphatic heterocycles. The van der Waals surface area contributed by atoms with Gasteiger partial charge in [-0.1, -0.05) is 30.3 Å². The zero-order valence-electron chi connectivity index (χ0n) is 17.5. The highest BCUT2D eigenvalue weighted by Gasteiger charge is 2.13. The van der Waals surface area contributed by atoms with E-state index in [-0.39, 0.29) is 42.2 Å². The monoisotopic (exact) mass is 544 g/mol. The topological polar surface area (TPSA) is 90.9 Å². The zero-order valence-corrected chi connectivity index (χ0v) is 20.6. The molecule has 0 saturated carbocycles. The van der Waals surface area contributed by atoms with Gasteiger partial charge in [0, 0.05) is 39.8 Å². The quantitative estimate of drug-likeness (QED) is 0.302. The second kappa shape index (κ2) is 12.5. The molecule has 0 saturated heterocycles. The molecule has 0 unspecified atom stereocenters. The fraction of sp³-hybridized carbons (Fsp3) is 0.333. The van der Waals surface area contributed by atoms with Gasteiger partial charge >= 0.3 is 0 Å². The van der Waals surface area contributed by atoms with Crippen molar-refractivity contribution < 1.29 is 13.2 Å². The standard InChI is InChI=1S/C21H28N4O3S.HI/c1-22-21(24-14-15-29(27,28)19-10-5-4-6-11-19)23-13-12-17-8-7-9-18(16-17)20(26)25(2)3;/h4-11,16H,12-15H2,1-3H3,(H2,22,23,24);1H. The van der Waals surface area contributed by atoms with Crippen LogP contribution in [0.5, 0.6) is 0 Å². The van der Waals surface area contributed by atoms with Crippen LogP contribution in [0.2, 0.25) is 0 Å². The predicted molar refractivity (Wildman–Crippen MR) is 131 cm³/mol. The number of guanidine groups is 1. The third-order valence-corrected chi connectivity index (χ3v) is 6.01. The van der Waals surface area contributed by atoms with Gasteiger partial charge in [0.05, 0.1) is 10.6 Å². The van der Waals surface area contributed by atoms with Gasteiger partial charge in [0.1, 0.15) is 0 Å². The number of benzene rings is 2. The molecular weight excluding hydrogens is 515 g/mol. The molecule has 0 aromatic heterocycles. The highest BCUT2D eigenvalue weighted by atomic mass is 127. The number of aliphatic imine (C=N–C) groups is 1. The number of hydrogen-bond donors (Lipinski definition) is 2. The van der Waals surface area contributed by atoms with Crippen molar-refractivity contribution in [1.29, 1.82) is 0 Å². The zero-order chi connectivity index (χ0) is 21.3. The van der Waals surface area contributed by atoms with Crippen LogP contribution in [-0.2, 0) is 16.3 Å². The fourth-order valence-corrected chi connectivity index (χ4v) is 3.89. The van der Waals surface area contributed by atoms with Gasteiger partial charge < -0.3 is 15.5 Å². The van der Waals surface area contributed by atoms with Gasteiger partial charge in [0.2, 0.25) is 0 Å². The lowest BCUT2D eigenvalue weighted by Gasteiger charge is -2.13. The summed E-state index contributed by atoms with van der Waals surface area (Å²) in [7, 11) is 1.76. The number of amides is 1. The number of rotatable bonds is 8. The minimum absolute atomic E-state index is 0. The second-order valence-corrected chi connectivity index (χ2v) is 8.82. The fourth-order valence-electron chi connectivity index (χ4n) is 2.71. The normalized spacial score (nSPS) is 11.4. The molecule has 7 nitrogen and oxygen atoms in total. The first-order chi connectivity index (χ1) is 13.8. The van der Waals surface area contributed by atoms with Crippen molar-refractivity contribution in [1.82, 2.24) is 15.5 Å². The molecule has 2 aromatic rings. The van der Waals surface area contributed by atoms with Crippen molar-refractivity contribution in [2.24, 2.45) is 4.99 Å². The number of carbonyl (C=O) groups is 1. The van der Waals surface area contributed by atoms with Crippen LogP contribution < -0.4 is 10.6 Å². The Morgan fingerprint density at radius 3 is 2.30 bits per heavy atom. The smallest absolute Gasteiger partial charge is 0.253 e. The van der Waals surface area contributed by atoms with Gasteiger partial charge in [-0.15, -0.1) is 24.0 Å². The van der Waals surface area contributed by atoms with E-state index in [0.717, 1.165) is 5.56 Å². The predicted octanol–water partition coefficient (Wildman–Crippen LogP) is 2.19. The highest BCUT2D eigenvalue weighted by Crippen LogP contribution is 2.09. The Bertz CT molecular complexity index is 948. The van der Waals surface area contributed by atoms with E-state index in [1.807, 2.05) is 18.2 Å². The molecule has 0 aliphatic rings. The van der Waals surface area contributed by atoms with Crippen molar-refractivity contribution in [2.75, 3.05) is 40.0 Å². The van der Waals surface area contributed by atoms with E-state index < -0.39 is 9.84 Å². The van der Waals surface area contributed by atoms with Gasteiger partial charge in [-0.25, -0.2) is 8.42 Å². The van der Waals surface area contributed by atoms with Crippen molar-refractivity contribution >= 4 is 45.7 Å². The van der Waals surface area contributed by atoms with Crippen molar-refractivity contribution in [2.45, 2.75) is 11.3 Å². The van der Waals surface area contributed by atoms with Crippen LogP contribution in [0.4, 0.5) is 0 Å². The molecule has 164 valence electrons. The van der Waals surface area contributed by atoms with E-state index in [1.54, 1.807) is 62.4 Å². The first-order valence-corrected chi connectivity index (χ1v) is 11.0. The average Bonchev–Trinajstić information content (AvgIpc) is 2.72. The van der Waals surface area contributed by atoms with E-state index in [4.69, 9.17) is 0 Å². The summed E-state index contributed by atoms with van der Waals surface area (Å²) in [6.07, 6.45) is 0.706. The van der Waals surface area contributed by atoms with Crippen LogP contribution in [0.15, 0.2) is 64.5 Å². The number of nitrogens with one attached hydrogen (secondary N) is 2. The lowest BCUT2D eigenvalue weighted by Crippen LogP contribution is -2.40. The molecule has 0 radical (unpaired) electrons. The molecule has 0 spiro atoms. The lowest BCUT2D eigenvalue weighted by molar-refractivity contribution is 0.0827. The maximum Gasteiger partial charge on any atom is 0.253 e. The molecule has 0 atom stereocenters. The van der Waals surface area contributed by atoms with E-state index >= 15 is 0 Å². The Balaban J connectivity index is 0.00000450. The average molecular weight is 544 g/mol. The van der Waals surface area contributed by atoms with Crippen molar-refractivity contribution in [3.05, 3.63) is 65.7 Å². The molecule has 2 N–H and O–H groups in total. The molecular formula is C21H29IN4O3S. The second-order valence-electron chi connectivity index (χ2n) is 6.71. The molecule has 2 rings (SSSR count). The molecule has 9 heteroatoms. The van der Waals surface area contributed by atoms with Crippen LogP contribution >= 0.6 is 24.0 Å². The van der Waals surface area contributed by atoms with Crippen LogP contribution in [0.25, 0.3) is 0 Å². The molecule has 0 heterocycles. The summed E-state index contributed by atoms with van der Waals surface area (Å²) in [5, 5.41) is 6.19. The Hall–Kier alpha value is -2.14. The molecule has 0 bridgehead atoms. The minimum atomic E-state index is -3.33. The summed E-state index contributed by atoms with van der Waals surface area (Å²) in [6.45, 7) is 0.856. The van der Waals surface area contributed by atoms with E-state index in [0.29, 0.717) is 29.4 Å². The Morgan fingerprint density at radius 2 is 1.67 bits per heavy atom. The largest absolute Gasteiger partial charge is 0.356 e.